The largest absolute Gasteiger partial charge is 0.339 e. The van der Waals surface area contributed by atoms with Crippen LogP contribution in [0.15, 0.2) is 0 Å². The van der Waals surface area contributed by atoms with Gasteiger partial charge in [0, 0.05) is 44.4 Å². The summed E-state index contributed by atoms with van der Waals surface area (Å²) >= 11 is 1.65. The van der Waals surface area contributed by atoms with Gasteiger partial charge in [0.05, 0.1) is 12.4 Å². The molecule has 3 heterocycles. The Morgan fingerprint density at radius 1 is 1.25 bits per heavy atom. The Balaban J connectivity index is 0.00000280. The molecule has 3 aliphatic rings. The van der Waals surface area contributed by atoms with Crippen molar-refractivity contribution in [1.82, 2.24) is 20.0 Å². The summed E-state index contributed by atoms with van der Waals surface area (Å²) in [5, 5.41) is 3.10. The van der Waals surface area contributed by atoms with Gasteiger partial charge in [0.15, 0.2) is 0 Å². The quantitative estimate of drug-likeness (QED) is 0.724. The fraction of sp³-hybridized carbons (Fsp3) is 0.842. The van der Waals surface area contributed by atoms with E-state index in [9.17, 15) is 14.4 Å². The molecule has 0 saturated carbocycles. The molecule has 9 heteroatoms. The smallest absolute Gasteiger partial charge is 0.246 e. The first-order valence-electron chi connectivity index (χ1n) is 9.92. The van der Waals surface area contributed by atoms with Gasteiger partial charge in [0.1, 0.15) is 6.04 Å². The fourth-order valence-electron chi connectivity index (χ4n) is 4.08. The third-order valence-corrected chi connectivity index (χ3v) is 6.46. The maximum absolute atomic E-state index is 13.2. The molecule has 0 aromatic carbocycles. The minimum absolute atomic E-state index is 0. The molecule has 3 fully saturated rings. The molecule has 3 amide bonds. The van der Waals surface area contributed by atoms with Gasteiger partial charge in [0.25, 0.3) is 0 Å². The first kappa shape index (κ1) is 23.3. The lowest BCUT2D eigenvalue weighted by atomic mass is 9.91. The van der Waals surface area contributed by atoms with Crippen LogP contribution in [0.3, 0.4) is 0 Å². The highest BCUT2D eigenvalue weighted by Gasteiger charge is 2.40. The van der Waals surface area contributed by atoms with Crippen LogP contribution in [0.4, 0.5) is 0 Å². The zero-order chi connectivity index (χ0) is 19.6. The van der Waals surface area contributed by atoms with Crippen LogP contribution in [0.5, 0.6) is 0 Å². The lowest BCUT2D eigenvalue weighted by Crippen LogP contribution is -2.59. The van der Waals surface area contributed by atoms with Crippen molar-refractivity contribution in [1.29, 1.82) is 0 Å². The summed E-state index contributed by atoms with van der Waals surface area (Å²) in [5.41, 5.74) is -0.0865. The van der Waals surface area contributed by atoms with E-state index >= 15 is 0 Å². The molecule has 0 bridgehead atoms. The van der Waals surface area contributed by atoms with Crippen molar-refractivity contribution in [2.45, 2.75) is 52.1 Å². The minimum Gasteiger partial charge on any atom is -0.339 e. The Morgan fingerprint density at radius 3 is 2.68 bits per heavy atom. The van der Waals surface area contributed by atoms with Gasteiger partial charge < -0.3 is 20.0 Å². The molecular formula is C19H33ClN4O3S. The predicted molar refractivity (Wildman–Crippen MR) is 113 cm³/mol. The van der Waals surface area contributed by atoms with E-state index in [1.165, 1.54) is 0 Å². The van der Waals surface area contributed by atoms with E-state index < -0.39 is 0 Å². The second-order valence-corrected chi connectivity index (χ2v) is 9.96. The van der Waals surface area contributed by atoms with Crippen molar-refractivity contribution in [2.75, 3.05) is 44.4 Å². The number of carbonyl (C=O) groups is 3. The Bertz CT molecular complexity index is 598. The number of nitrogens with zero attached hydrogens (tertiary/aromatic N) is 3. The highest BCUT2D eigenvalue weighted by molar-refractivity contribution is 7.99. The van der Waals surface area contributed by atoms with E-state index in [4.69, 9.17) is 0 Å². The van der Waals surface area contributed by atoms with Crippen LogP contribution < -0.4 is 5.32 Å². The molecular weight excluding hydrogens is 400 g/mol. The van der Waals surface area contributed by atoms with Crippen molar-refractivity contribution in [3.05, 3.63) is 0 Å². The van der Waals surface area contributed by atoms with Gasteiger partial charge in [-0.3, -0.25) is 14.4 Å². The van der Waals surface area contributed by atoms with Gasteiger partial charge >= 0.3 is 0 Å². The molecule has 2 unspecified atom stereocenters. The summed E-state index contributed by atoms with van der Waals surface area (Å²) in [7, 11) is 0. The van der Waals surface area contributed by atoms with E-state index in [0.717, 1.165) is 25.9 Å². The molecule has 3 saturated heterocycles. The van der Waals surface area contributed by atoms with E-state index in [0.29, 0.717) is 37.7 Å². The monoisotopic (exact) mass is 432 g/mol. The molecule has 1 N–H and O–H groups in total. The topological polar surface area (TPSA) is 73.0 Å². The van der Waals surface area contributed by atoms with E-state index in [1.54, 1.807) is 16.7 Å². The Labute approximate surface area is 178 Å². The Hall–Kier alpha value is -0.990. The summed E-state index contributed by atoms with van der Waals surface area (Å²) in [4.78, 5) is 43.7. The van der Waals surface area contributed by atoms with Gasteiger partial charge in [-0.15, -0.1) is 24.2 Å². The normalized spacial score (nSPS) is 26.2. The highest BCUT2D eigenvalue weighted by Crippen LogP contribution is 2.28. The molecule has 0 spiro atoms. The molecule has 7 nitrogen and oxygen atoms in total. The first-order chi connectivity index (χ1) is 12.8. The lowest BCUT2D eigenvalue weighted by molar-refractivity contribution is -0.147. The van der Waals surface area contributed by atoms with Gasteiger partial charge in [-0.25, -0.2) is 0 Å². The molecule has 0 aromatic rings. The first-order valence-corrected chi connectivity index (χ1v) is 11.1. The molecule has 0 radical (unpaired) electrons. The van der Waals surface area contributed by atoms with Crippen LogP contribution in [-0.2, 0) is 14.4 Å². The number of piperidine rings is 1. The average molecular weight is 433 g/mol. The Kier molecular flexibility index (Phi) is 8.05. The van der Waals surface area contributed by atoms with Crippen LogP contribution >= 0.6 is 24.2 Å². The third-order valence-electron chi connectivity index (χ3n) is 5.44. The lowest BCUT2D eigenvalue weighted by Gasteiger charge is -2.42. The third kappa shape index (κ3) is 5.54. The standard InChI is InChI=1S/C19H32N4O3S.ClH/c1-19(2,3)9-16(24)23-13-27-12-15(23)18(26)21-7-4-5-14(11-21)22-8-6-20-10-17(22)25;/h14-15,20H,4-13H2,1-3H3;1H. The number of piperazine rings is 1. The zero-order valence-corrected chi connectivity index (χ0v) is 18.7. The highest BCUT2D eigenvalue weighted by atomic mass is 35.5. The Morgan fingerprint density at radius 2 is 2.00 bits per heavy atom. The number of carbonyl (C=O) groups excluding carboxylic acids is 3. The van der Waals surface area contributed by atoms with Gasteiger partial charge in [0.2, 0.25) is 17.7 Å². The van der Waals surface area contributed by atoms with Gasteiger partial charge in [-0.05, 0) is 18.3 Å². The van der Waals surface area contributed by atoms with E-state index in [1.807, 2.05) is 30.6 Å². The molecule has 3 aliphatic heterocycles. The molecule has 3 rings (SSSR count). The maximum atomic E-state index is 13.2. The average Bonchev–Trinajstić information content (AvgIpc) is 3.10. The van der Waals surface area contributed by atoms with Gasteiger partial charge in [-0.1, -0.05) is 20.8 Å². The van der Waals surface area contributed by atoms with E-state index in [-0.39, 0.29) is 47.6 Å². The number of hydrogen-bond acceptors (Lipinski definition) is 5. The number of likely N-dealkylation sites (tertiary alicyclic amines) is 1. The fourth-order valence-corrected chi connectivity index (χ4v) is 5.25. The number of halogens is 1. The molecule has 2 atom stereocenters. The van der Waals surface area contributed by atoms with Gasteiger partial charge in [-0.2, -0.15) is 0 Å². The van der Waals surface area contributed by atoms with Crippen LogP contribution in [0.2, 0.25) is 0 Å². The van der Waals surface area contributed by atoms with Crippen molar-refractivity contribution in [2.24, 2.45) is 5.41 Å². The SMILES string of the molecule is CC(C)(C)CC(=O)N1CSCC1C(=O)N1CCCC(N2CCNCC2=O)C1.Cl. The summed E-state index contributed by atoms with van der Waals surface area (Å²) in [6.45, 7) is 9.36. The van der Waals surface area contributed by atoms with Crippen LogP contribution in [0.1, 0.15) is 40.0 Å². The minimum atomic E-state index is -0.359. The zero-order valence-electron chi connectivity index (χ0n) is 17.1. The number of amides is 3. The van der Waals surface area contributed by atoms with Crippen molar-refractivity contribution >= 4 is 41.9 Å². The number of thioether (sulfide) groups is 1. The summed E-state index contributed by atoms with van der Waals surface area (Å²) < 4.78 is 0. The molecule has 0 aromatic heterocycles. The van der Waals surface area contributed by atoms with Crippen LogP contribution in [0.25, 0.3) is 0 Å². The molecule has 28 heavy (non-hydrogen) atoms. The summed E-state index contributed by atoms with van der Waals surface area (Å²) in [6.07, 6.45) is 2.31. The van der Waals surface area contributed by atoms with Crippen molar-refractivity contribution in [3.63, 3.8) is 0 Å². The second kappa shape index (κ2) is 9.67. The number of nitrogens with one attached hydrogen (secondary N) is 1. The van der Waals surface area contributed by atoms with Crippen molar-refractivity contribution in [3.8, 4) is 0 Å². The maximum Gasteiger partial charge on any atom is 0.246 e. The number of hydrogen-bond donors (Lipinski definition) is 1. The predicted octanol–water partition coefficient (Wildman–Crippen LogP) is 1.17. The second-order valence-electron chi connectivity index (χ2n) is 8.96. The van der Waals surface area contributed by atoms with Crippen molar-refractivity contribution < 1.29 is 14.4 Å². The van der Waals surface area contributed by atoms with Crippen LogP contribution in [0, 0.1) is 5.41 Å². The van der Waals surface area contributed by atoms with E-state index in [2.05, 4.69) is 5.32 Å². The molecule has 0 aliphatic carbocycles. The number of rotatable bonds is 3. The summed E-state index contributed by atoms with van der Waals surface area (Å²) in [5.74, 6) is 1.51. The van der Waals surface area contributed by atoms with Crippen LogP contribution in [-0.4, -0.2) is 88.9 Å². The summed E-state index contributed by atoms with van der Waals surface area (Å²) in [6, 6.07) is -0.257. The molecule has 160 valence electrons.